The molecule has 6 nitrogen and oxygen atoms in total. The molecule has 0 aromatic carbocycles. The molecule has 0 amide bonds. The van der Waals surface area contributed by atoms with Crippen molar-refractivity contribution in [1.29, 1.82) is 0 Å². The van der Waals surface area contributed by atoms with Crippen molar-refractivity contribution in [2.24, 2.45) is 52.3 Å². The Hall–Kier alpha value is -1.01. The van der Waals surface area contributed by atoms with Gasteiger partial charge < -0.3 is 10.2 Å². The number of aromatic amines is 1. The highest BCUT2D eigenvalue weighted by Crippen LogP contribution is 2.69. The lowest BCUT2D eigenvalue weighted by Crippen LogP contribution is -2.62. The number of fused-ring (bicyclic) bond motifs is 5. The van der Waals surface area contributed by atoms with Gasteiger partial charge in [0.2, 0.25) is 0 Å². The number of nitrogens with one attached hydrogen (secondary N) is 1. The molecule has 180 valence electrons. The Kier molecular flexibility index (Phi) is 5.93. The highest BCUT2D eigenvalue weighted by molar-refractivity contribution is 5.13. The second kappa shape index (κ2) is 8.33. The van der Waals surface area contributed by atoms with Gasteiger partial charge in [-0.15, -0.1) is 5.10 Å². The fourth-order valence-electron chi connectivity index (χ4n) is 9.78. The van der Waals surface area contributed by atoms with Gasteiger partial charge in [0.25, 0.3) is 0 Å². The molecule has 1 aromatic heterocycles. The zero-order chi connectivity index (χ0) is 22.7. The van der Waals surface area contributed by atoms with Gasteiger partial charge in [-0.2, -0.15) is 0 Å². The maximum atomic E-state index is 11.8. The van der Waals surface area contributed by atoms with Gasteiger partial charge in [-0.05, 0) is 114 Å². The van der Waals surface area contributed by atoms with Crippen LogP contribution in [0.1, 0.15) is 91.3 Å². The van der Waals surface area contributed by atoms with E-state index in [9.17, 15) is 10.2 Å². The van der Waals surface area contributed by atoms with Crippen molar-refractivity contribution in [2.45, 2.75) is 104 Å². The van der Waals surface area contributed by atoms with Crippen LogP contribution in [0.5, 0.6) is 0 Å². The van der Waals surface area contributed by atoms with E-state index in [1.807, 2.05) is 0 Å². The van der Waals surface area contributed by atoms with Gasteiger partial charge in [0.1, 0.15) is 5.82 Å². The summed E-state index contributed by atoms with van der Waals surface area (Å²) in [5.74, 6) is 4.76. The van der Waals surface area contributed by atoms with Crippen LogP contribution in [0.2, 0.25) is 0 Å². The Morgan fingerprint density at radius 2 is 1.78 bits per heavy atom. The summed E-state index contributed by atoms with van der Waals surface area (Å²) in [6, 6.07) is 0. The molecule has 5 rings (SSSR count). The third-order valence-electron chi connectivity index (χ3n) is 11.4. The maximum absolute atomic E-state index is 11.8. The second-order valence-corrected chi connectivity index (χ2v) is 12.5. The quantitative estimate of drug-likeness (QED) is 0.626. The molecule has 11 atom stereocenters. The largest absolute Gasteiger partial charge is 0.393 e. The Morgan fingerprint density at radius 3 is 2.50 bits per heavy atom. The van der Waals surface area contributed by atoms with Crippen molar-refractivity contribution >= 4 is 0 Å². The number of hydrogen-bond donors (Lipinski definition) is 3. The number of aliphatic hydroxyl groups excluding tert-OH is 2. The van der Waals surface area contributed by atoms with Gasteiger partial charge >= 0.3 is 0 Å². The lowest BCUT2D eigenvalue weighted by atomic mass is 9.41. The molecular formula is C26H44N4O2. The van der Waals surface area contributed by atoms with Crippen LogP contribution in [0.3, 0.4) is 0 Å². The van der Waals surface area contributed by atoms with Gasteiger partial charge in [-0.1, -0.05) is 34.1 Å². The highest BCUT2D eigenvalue weighted by atomic mass is 16.3. The molecule has 0 radical (unpaired) electrons. The number of hydrogen-bond acceptors (Lipinski definition) is 5. The lowest BCUT2D eigenvalue weighted by Gasteiger charge is -2.64. The van der Waals surface area contributed by atoms with E-state index in [4.69, 9.17) is 0 Å². The third-order valence-corrected chi connectivity index (χ3v) is 11.4. The fraction of sp³-hybridized carbons (Fsp3) is 0.962. The molecule has 4 aliphatic carbocycles. The zero-order valence-electron chi connectivity index (χ0n) is 20.5. The molecule has 3 N–H and O–H groups in total. The molecule has 0 aliphatic heterocycles. The first-order chi connectivity index (χ1) is 15.3. The van der Waals surface area contributed by atoms with E-state index in [0.29, 0.717) is 40.9 Å². The first-order valence-electron chi connectivity index (χ1n) is 13.4. The molecule has 1 heterocycles. The van der Waals surface area contributed by atoms with Gasteiger partial charge in [0.05, 0.1) is 12.2 Å². The number of tetrazole rings is 1. The monoisotopic (exact) mass is 444 g/mol. The number of nitrogens with zero attached hydrogens (tertiary/aromatic N) is 3. The van der Waals surface area contributed by atoms with E-state index in [1.165, 1.54) is 25.7 Å². The summed E-state index contributed by atoms with van der Waals surface area (Å²) in [5.41, 5.74) is 0.616. The SMILES string of the molecule is CC[C@@H]1C2C[C@H](O)CC[C@@]2(C)[C@H]2CC[C@]3(C)[C@@H]([C@H](C)CCc4nnn[nH]4)CC[C@H]3C2[C@@H]1O. The van der Waals surface area contributed by atoms with Crippen LogP contribution in [-0.4, -0.2) is 43.0 Å². The van der Waals surface area contributed by atoms with Crippen LogP contribution in [-0.2, 0) is 6.42 Å². The minimum absolute atomic E-state index is 0.170. The molecule has 0 spiro atoms. The van der Waals surface area contributed by atoms with Crippen LogP contribution in [0, 0.1) is 52.3 Å². The van der Waals surface area contributed by atoms with Crippen molar-refractivity contribution in [3.05, 3.63) is 5.82 Å². The Labute approximate surface area is 193 Å². The molecule has 1 aromatic rings. The van der Waals surface area contributed by atoms with E-state index in [2.05, 4.69) is 48.3 Å². The van der Waals surface area contributed by atoms with Gasteiger partial charge in [-0.3, -0.25) is 0 Å². The average Bonchev–Trinajstić information content (AvgIpc) is 3.41. The van der Waals surface area contributed by atoms with Crippen molar-refractivity contribution in [3.8, 4) is 0 Å². The van der Waals surface area contributed by atoms with Crippen molar-refractivity contribution in [2.75, 3.05) is 0 Å². The number of aromatic nitrogens is 4. The highest BCUT2D eigenvalue weighted by Gasteiger charge is 2.64. The smallest absolute Gasteiger partial charge is 0.148 e. The van der Waals surface area contributed by atoms with E-state index in [1.54, 1.807) is 0 Å². The predicted octanol–water partition coefficient (Wildman–Crippen LogP) is 4.40. The summed E-state index contributed by atoms with van der Waals surface area (Å²) in [5, 5.41) is 36.7. The number of rotatable bonds is 5. The minimum Gasteiger partial charge on any atom is -0.393 e. The predicted molar refractivity (Wildman–Crippen MR) is 123 cm³/mol. The molecule has 0 bridgehead atoms. The molecule has 0 saturated heterocycles. The molecule has 4 saturated carbocycles. The summed E-state index contributed by atoms with van der Waals surface area (Å²) in [4.78, 5) is 0. The molecule has 32 heavy (non-hydrogen) atoms. The summed E-state index contributed by atoms with van der Waals surface area (Å²) in [6.45, 7) is 9.78. The van der Waals surface area contributed by atoms with E-state index < -0.39 is 0 Å². The molecule has 2 unspecified atom stereocenters. The lowest BCUT2D eigenvalue weighted by molar-refractivity contribution is -0.203. The first kappa shape index (κ1) is 22.8. The summed E-state index contributed by atoms with van der Waals surface area (Å²) >= 11 is 0. The summed E-state index contributed by atoms with van der Waals surface area (Å²) < 4.78 is 0. The molecule has 6 heteroatoms. The van der Waals surface area contributed by atoms with Gasteiger partial charge in [0.15, 0.2) is 0 Å². The van der Waals surface area contributed by atoms with E-state index >= 15 is 0 Å². The number of aryl methyl sites for hydroxylation is 1. The third kappa shape index (κ3) is 3.38. The topological polar surface area (TPSA) is 94.9 Å². The molecule has 4 aliphatic rings. The second-order valence-electron chi connectivity index (χ2n) is 12.5. The van der Waals surface area contributed by atoms with Gasteiger partial charge in [0, 0.05) is 6.42 Å². The molecule has 4 fully saturated rings. The fourth-order valence-corrected chi connectivity index (χ4v) is 9.78. The molecular weight excluding hydrogens is 400 g/mol. The van der Waals surface area contributed by atoms with Crippen LogP contribution in [0.4, 0.5) is 0 Å². The van der Waals surface area contributed by atoms with Crippen molar-refractivity contribution < 1.29 is 10.2 Å². The maximum Gasteiger partial charge on any atom is 0.148 e. The minimum atomic E-state index is -0.202. The zero-order valence-corrected chi connectivity index (χ0v) is 20.5. The Morgan fingerprint density at radius 1 is 1.03 bits per heavy atom. The van der Waals surface area contributed by atoms with Crippen molar-refractivity contribution in [3.63, 3.8) is 0 Å². The van der Waals surface area contributed by atoms with Crippen LogP contribution in [0.15, 0.2) is 0 Å². The van der Waals surface area contributed by atoms with Gasteiger partial charge in [-0.25, -0.2) is 5.10 Å². The Bertz CT molecular complexity index is 787. The van der Waals surface area contributed by atoms with Crippen LogP contribution >= 0.6 is 0 Å². The normalized spacial score (nSPS) is 49.2. The summed E-state index contributed by atoms with van der Waals surface area (Å²) in [7, 11) is 0. The van der Waals surface area contributed by atoms with E-state index in [0.717, 1.165) is 50.3 Å². The van der Waals surface area contributed by atoms with E-state index in [-0.39, 0.29) is 17.6 Å². The van der Waals surface area contributed by atoms with Crippen molar-refractivity contribution in [1.82, 2.24) is 20.6 Å². The van der Waals surface area contributed by atoms with Crippen LogP contribution < -0.4 is 0 Å². The number of H-pyrrole nitrogens is 1. The standard InChI is InChI=1S/C26H44N4O2/c1-5-17-21-14-16(31)10-12-26(21,4)20-11-13-25(3)18(7-8-19(25)23(20)24(17)32)15(2)6-9-22-27-29-30-28-22/h15-21,23-24,31-32H,5-14H2,1-4H3,(H,27,28,29,30)/t15-,16-,17-,18-,19+,20+,21?,23?,24-,25-,26+/m1/s1. The summed E-state index contributed by atoms with van der Waals surface area (Å²) in [6.07, 6.45) is 10.8. The average molecular weight is 445 g/mol. The first-order valence-corrected chi connectivity index (χ1v) is 13.4. The van der Waals surface area contributed by atoms with Crippen LogP contribution in [0.25, 0.3) is 0 Å². The Balaban J connectivity index is 1.38. The number of aliphatic hydroxyl groups is 2.